The van der Waals surface area contributed by atoms with Crippen molar-refractivity contribution in [2.75, 3.05) is 0 Å². The van der Waals surface area contributed by atoms with Crippen molar-refractivity contribution in [2.24, 2.45) is 5.73 Å². The van der Waals surface area contributed by atoms with E-state index in [1.165, 1.54) is 0 Å². The fraction of sp³-hybridized carbons (Fsp3) is 0.457. The summed E-state index contributed by atoms with van der Waals surface area (Å²) in [6.45, 7) is 7.18. The van der Waals surface area contributed by atoms with Crippen LogP contribution >= 0.6 is 0 Å². The highest BCUT2D eigenvalue weighted by atomic mass is 16.6. The van der Waals surface area contributed by atoms with E-state index in [-0.39, 0.29) is 67.8 Å². The van der Waals surface area contributed by atoms with Crippen LogP contribution in [-0.4, -0.2) is 56.4 Å². The topological polar surface area (TPSA) is 209 Å². The second-order valence-corrected chi connectivity index (χ2v) is 12.5. The number of aromatic nitrogens is 2. The summed E-state index contributed by atoms with van der Waals surface area (Å²) >= 11 is 0. The van der Waals surface area contributed by atoms with E-state index in [0.29, 0.717) is 35.5 Å². The molecule has 0 saturated carbocycles. The third-order valence-corrected chi connectivity index (χ3v) is 9.07. The van der Waals surface area contributed by atoms with E-state index in [2.05, 4.69) is 10.6 Å². The third-order valence-electron chi connectivity index (χ3n) is 9.07. The fourth-order valence-corrected chi connectivity index (χ4v) is 6.44. The van der Waals surface area contributed by atoms with Gasteiger partial charge in [0.1, 0.15) is 18.4 Å². The summed E-state index contributed by atoms with van der Waals surface area (Å²) in [4.78, 5) is 80.0. The SMILES string of the molecule is CCCC(=O)N[C@H](CC(N)=O)C(=O)N[C@@H](C)CCC(=O)Oc1ccc2nc3c(c(CC)c2c1)Cn1c-3cc2c(c1=O)COC(=O)[C@]2(O)CC. The largest absolute Gasteiger partial charge is 0.458 e. The van der Waals surface area contributed by atoms with Crippen LogP contribution in [0.2, 0.25) is 0 Å². The summed E-state index contributed by atoms with van der Waals surface area (Å²) < 4.78 is 12.4. The highest BCUT2D eigenvalue weighted by molar-refractivity contribution is 5.92. The maximum absolute atomic E-state index is 13.6. The highest BCUT2D eigenvalue weighted by Crippen LogP contribution is 2.40. The number of ether oxygens (including phenoxy) is 2. The van der Waals surface area contributed by atoms with Crippen molar-refractivity contribution >= 4 is 40.6 Å². The number of pyridine rings is 2. The molecule has 2 aliphatic heterocycles. The van der Waals surface area contributed by atoms with Crippen LogP contribution in [0.25, 0.3) is 22.3 Å². The number of carbonyl (C=O) groups excluding carboxylic acids is 5. The van der Waals surface area contributed by atoms with Gasteiger partial charge >= 0.3 is 11.9 Å². The Kier molecular flexibility index (Phi) is 10.2. The first kappa shape index (κ1) is 35.2. The Hall–Kier alpha value is -5.11. The first-order valence-electron chi connectivity index (χ1n) is 16.5. The molecule has 0 radical (unpaired) electrons. The van der Waals surface area contributed by atoms with E-state index < -0.39 is 41.4 Å². The van der Waals surface area contributed by atoms with Crippen LogP contribution < -0.4 is 26.7 Å². The molecule has 0 unspecified atom stereocenters. The Morgan fingerprint density at radius 2 is 1.86 bits per heavy atom. The molecule has 14 heteroatoms. The van der Waals surface area contributed by atoms with E-state index in [4.69, 9.17) is 20.2 Å². The summed E-state index contributed by atoms with van der Waals surface area (Å²) in [5.74, 6) is -2.67. The van der Waals surface area contributed by atoms with Crippen LogP contribution in [0.1, 0.15) is 88.5 Å². The van der Waals surface area contributed by atoms with Crippen molar-refractivity contribution in [3.63, 3.8) is 0 Å². The number of amides is 3. The molecule has 1 aromatic carbocycles. The molecule has 2 aliphatic rings. The number of esters is 2. The lowest BCUT2D eigenvalue weighted by Crippen LogP contribution is -2.50. The van der Waals surface area contributed by atoms with Gasteiger partial charge in [0, 0.05) is 35.4 Å². The Morgan fingerprint density at radius 1 is 1.10 bits per heavy atom. The van der Waals surface area contributed by atoms with E-state index in [1.54, 1.807) is 42.7 Å². The van der Waals surface area contributed by atoms with Gasteiger partial charge in [-0.05, 0) is 62.4 Å². The quantitative estimate of drug-likeness (QED) is 0.120. The summed E-state index contributed by atoms with van der Waals surface area (Å²) in [7, 11) is 0. The van der Waals surface area contributed by atoms with Gasteiger partial charge in [-0.15, -0.1) is 0 Å². The first-order valence-corrected chi connectivity index (χ1v) is 16.5. The lowest BCUT2D eigenvalue weighted by Gasteiger charge is -2.31. The number of carbonyl (C=O) groups is 5. The van der Waals surface area contributed by atoms with Gasteiger partial charge in [0.15, 0.2) is 5.60 Å². The summed E-state index contributed by atoms with van der Waals surface area (Å²) in [5, 5.41) is 17.1. The molecule has 260 valence electrons. The first-order chi connectivity index (χ1) is 23.3. The second kappa shape index (κ2) is 14.2. The van der Waals surface area contributed by atoms with Crippen LogP contribution in [0.3, 0.4) is 0 Å². The number of benzene rings is 1. The smallest absolute Gasteiger partial charge is 0.343 e. The molecule has 49 heavy (non-hydrogen) atoms. The number of nitrogens with zero attached hydrogens (tertiary/aromatic N) is 2. The number of nitrogens with two attached hydrogens (primary N) is 1. The number of hydrogen-bond acceptors (Lipinski definition) is 10. The van der Waals surface area contributed by atoms with Gasteiger partial charge in [0.05, 0.1) is 35.4 Å². The zero-order valence-electron chi connectivity index (χ0n) is 28.0. The summed E-state index contributed by atoms with van der Waals surface area (Å²) in [5.41, 5.74) is 6.95. The Labute approximate surface area is 282 Å². The van der Waals surface area contributed by atoms with Gasteiger partial charge in [0.25, 0.3) is 5.56 Å². The van der Waals surface area contributed by atoms with Gasteiger partial charge in [-0.1, -0.05) is 20.8 Å². The second-order valence-electron chi connectivity index (χ2n) is 12.5. The number of aliphatic hydroxyl groups is 1. The molecule has 0 fully saturated rings. The zero-order chi connectivity index (χ0) is 35.6. The van der Waals surface area contributed by atoms with E-state index >= 15 is 0 Å². The van der Waals surface area contributed by atoms with Gasteiger partial charge in [-0.25, -0.2) is 9.78 Å². The number of fused-ring (bicyclic) bond motifs is 5. The molecule has 5 N–H and O–H groups in total. The molecule has 0 saturated heterocycles. The molecule has 3 amide bonds. The molecule has 4 heterocycles. The Morgan fingerprint density at radius 3 is 2.53 bits per heavy atom. The molecule has 3 atom stereocenters. The molecule has 0 spiro atoms. The van der Waals surface area contributed by atoms with Crippen molar-refractivity contribution in [2.45, 2.75) is 103 Å². The van der Waals surface area contributed by atoms with Gasteiger partial charge in [0.2, 0.25) is 17.7 Å². The number of cyclic esters (lactones) is 1. The third kappa shape index (κ3) is 6.91. The maximum Gasteiger partial charge on any atom is 0.343 e. The molecular weight excluding hydrogens is 634 g/mol. The molecular formula is C35H41N5O9. The van der Waals surface area contributed by atoms with Crippen molar-refractivity contribution < 1.29 is 38.6 Å². The Balaban J connectivity index is 1.31. The molecule has 5 rings (SSSR count). The van der Waals surface area contributed by atoms with Crippen LogP contribution in [0.4, 0.5) is 0 Å². The standard InChI is InChI=1S/C35H41N5O9/c1-5-8-29(42)38-26(15-28(36)41)32(44)37-18(4)9-12-30(43)49-19-10-11-25-21(13-19)20(6-2)22-16-40-27(31(22)39-25)14-24-23(33(40)45)17-48-34(46)35(24,47)7-3/h10-11,13-14,18,26,47H,5-9,12,15-17H2,1-4H3,(H2,36,41)(H,37,44)(H,38,42)/t18-,26+,35-/m0/s1. The number of nitrogens with one attached hydrogen (secondary N) is 2. The van der Waals surface area contributed by atoms with Gasteiger partial charge in [-0.3, -0.25) is 24.0 Å². The van der Waals surface area contributed by atoms with Crippen LogP contribution in [-0.2, 0) is 53.9 Å². The minimum atomic E-state index is -1.92. The number of rotatable bonds is 13. The molecule has 14 nitrogen and oxygen atoms in total. The average Bonchev–Trinajstić information content (AvgIpc) is 3.42. The molecule has 2 aromatic heterocycles. The predicted octanol–water partition coefficient (Wildman–Crippen LogP) is 1.99. The van der Waals surface area contributed by atoms with Crippen LogP contribution in [0.15, 0.2) is 29.1 Å². The Bertz CT molecular complexity index is 1920. The van der Waals surface area contributed by atoms with Crippen molar-refractivity contribution in [3.05, 3.63) is 56.9 Å². The maximum atomic E-state index is 13.6. The van der Waals surface area contributed by atoms with E-state index in [9.17, 15) is 33.9 Å². The van der Waals surface area contributed by atoms with Crippen LogP contribution in [0, 0.1) is 0 Å². The lowest BCUT2D eigenvalue weighted by atomic mass is 9.86. The normalized spacial score (nSPS) is 17.3. The lowest BCUT2D eigenvalue weighted by molar-refractivity contribution is -0.172. The monoisotopic (exact) mass is 675 g/mol. The minimum absolute atomic E-state index is 0.0234. The predicted molar refractivity (Wildman–Crippen MR) is 177 cm³/mol. The van der Waals surface area contributed by atoms with Crippen molar-refractivity contribution in [3.8, 4) is 17.1 Å². The molecule has 3 aromatic rings. The number of primary amides is 1. The number of hydrogen-bond donors (Lipinski definition) is 4. The highest BCUT2D eigenvalue weighted by Gasteiger charge is 2.45. The van der Waals surface area contributed by atoms with Crippen LogP contribution in [0.5, 0.6) is 5.75 Å². The molecule has 0 aliphatic carbocycles. The molecule has 0 bridgehead atoms. The summed E-state index contributed by atoms with van der Waals surface area (Å²) in [6, 6.07) is 5.17. The minimum Gasteiger partial charge on any atom is -0.458 e. The van der Waals surface area contributed by atoms with Gasteiger partial charge in [-0.2, -0.15) is 0 Å². The number of aryl methyl sites for hydroxylation is 1. The van der Waals surface area contributed by atoms with Crippen molar-refractivity contribution in [1.29, 1.82) is 0 Å². The summed E-state index contributed by atoms with van der Waals surface area (Å²) in [6.07, 6.45) is 1.28. The van der Waals surface area contributed by atoms with E-state index in [1.807, 2.05) is 13.8 Å². The zero-order valence-corrected chi connectivity index (χ0v) is 28.0. The van der Waals surface area contributed by atoms with Crippen molar-refractivity contribution in [1.82, 2.24) is 20.2 Å². The fourth-order valence-electron chi connectivity index (χ4n) is 6.44. The average molecular weight is 676 g/mol. The van der Waals surface area contributed by atoms with E-state index in [0.717, 1.165) is 16.5 Å². The van der Waals surface area contributed by atoms with Gasteiger partial charge < -0.3 is 35.5 Å².